The zero-order valence-electron chi connectivity index (χ0n) is 17.4. The molecule has 0 spiro atoms. The van der Waals surface area contributed by atoms with Gasteiger partial charge in [0.1, 0.15) is 0 Å². The van der Waals surface area contributed by atoms with Crippen molar-refractivity contribution in [3.05, 3.63) is 47.3 Å². The maximum Gasteiger partial charge on any atom is 0.191 e. The van der Waals surface area contributed by atoms with Gasteiger partial charge >= 0.3 is 0 Å². The van der Waals surface area contributed by atoms with Gasteiger partial charge in [0.05, 0.1) is 17.1 Å². The van der Waals surface area contributed by atoms with Crippen LogP contribution < -0.4 is 10.6 Å². The minimum atomic E-state index is -3.16. The summed E-state index contributed by atoms with van der Waals surface area (Å²) in [7, 11) is -1.44. The molecule has 0 radical (unpaired) electrons. The Morgan fingerprint density at radius 1 is 1.17 bits per heavy atom. The Hall–Kier alpha value is -1.62. The van der Waals surface area contributed by atoms with E-state index in [9.17, 15) is 8.42 Å². The molecule has 0 unspecified atom stereocenters. The Labute approximate surface area is 190 Å². The molecule has 0 aliphatic rings. The Bertz CT molecular complexity index is 875. The van der Waals surface area contributed by atoms with Gasteiger partial charge in [-0.25, -0.2) is 8.42 Å². The summed E-state index contributed by atoms with van der Waals surface area (Å²) in [6.07, 6.45) is 4.06. The van der Waals surface area contributed by atoms with E-state index in [1.807, 2.05) is 18.2 Å². The second-order valence-corrected chi connectivity index (χ2v) is 8.77. The van der Waals surface area contributed by atoms with Gasteiger partial charge in [0.25, 0.3) is 0 Å². The molecule has 0 aliphatic carbocycles. The topological polar surface area (TPSA) is 96.6 Å². The van der Waals surface area contributed by atoms with Gasteiger partial charge in [-0.2, -0.15) is 0 Å². The lowest BCUT2D eigenvalue weighted by molar-refractivity contribution is 0.368. The molecular weight excluding hydrogens is 503 g/mol. The van der Waals surface area contributed by atoms with Gasteiger partial charge in [-0.3, -0.25) is 4.99 Å². The molecule has 7 nitrogen and oxygen atoms in total. The van der Waals surface area contributed by atoms with E-state index in [1.165, 1.54) is 6.26 Å². The van der Waals surface area contributed by atoms with E-state index < -0.39 is 9.84 Å². The largest absolute Gasteiger partial charge is 0.359 e. The standard InChI is InChI=1S/C20H30N4O3S.HI/c1-5-16(6-2)19-13-17(27-24-19)14-23-20(21-3)22-12-11-15-7-9-18(10-8-15)28(4,25)26;/h7-10,13,16H,5-6,11-12,14H2,1-4H3,(H2,21,22,23);1H. The first-order valence-corrected chi connectivity index (χ1v) is 11.5. The van der Waals surface area contributed by atoms with Crippen LogP contribution >= 0.6 is 24.0 Å². The number of aromatic nitrogens is 1. The lowest BCUT2D eigenvalue weighted by Crippen LogP contribution is -2.37. The SMILES string of the molecule is CCC(CC)c1cc(CNC(=NC)NCCc2ccc(S(C)(=O)=O)cc2)on1.I. The van der Waals surface area contributed by atoms with Crippen LogP contribution in [0.25, 0.3) is 0 Å². The fraction of sp³-hybridized carbons (Fsp3) is 0.500. The maximum atomic E-state index is 11.5. The number of nitrogens with one attached hydrogen (secondary N) is 2. The Kier molecular flexibility index (Phi) is 10.7. The van der Waals surface area contributed by atoms with E-state index in [1.54, 1.807) is 19.2 Å². The summed E-state index contributed by atoms with van der Waals surface area (Å²) in [5, 5.41) is 10.6. The zero-order valence-corrected chi connectivity index (χ0v) is 20.6. The number of halogens is 1. The fourth-order valence-electron chi connectivity index (χ4n) is 2.93. The maximum absolute atomic E-state index is 11.5. The minimum absolute atomic E-state index is 0. The number of benzene rings is 1. The van der Waals surface area contributed by atoms with Crippen LogP contribution in [0.5, 0.6) is 0 Å². The Balaban J connectivity index is 0.00000420. The summed E-state index contributed by atoms with van der Waals surface area (Å²) in [6, 6.07) is 8.95. The molecule has 9 heteroatoms. The van der Waals surface area contributed by atoms with E-state index in [4.69, 9.17) is 4.52 Å². The van der Waals surface area contributed by atoms with Gasteiger partial charge in [-0.1, -0.05) is 31.1 Å². The van der Waals surface area contributed by atoms with E-state index in [0.29, 0.717) is 29.9 Å². The monoisotopic (exact) mass is 534 g/mol. The van der Waals surface area contributed by atoms with E-state index in [0.717, 1.165) is 36.3 Å². The van der Waals surface area contributed by atoms with Crippen molar-refractivity contribution in [1.29, 1.82) is 0 Å². The van der Waals surface area contributed by atoms with E-state index >= 15 is 0 Å². The highest BCUT2D eigenvalue weighted by Crippen LogP contribution is 2.22. The normalized spacial score (nSPS) is 12.0. The number of hydrogen-bond donors (Lipinski definition) is 2. The van der Waals surface area contributed by atoms with E-state index in [-0.39, 0.29) is 24.0 Å². The van der Waals surface area contributed by atoms with Crippen LogP contribution in [0.4, 0.5) is 0 Å². The molecule has 0 amide bonds. The number of guanidine groups is 1. The zero-order chi connectivity index (χ0) is 20.6. The molecule has 2 aromatic rings. The van der Waals surface area contributed by atoms with Crippen LogP contribution in [0.1, 0.15) is 49.6 Å². The quantitative estimate of drug-likeness (QED) is 0.291. The first kappa shape index (κ1) is 25.4. The minimum Gasteiger partial charge on any atom is -0.359 e. The van der Waals surface area contributed by atoms with E-state index in [2.05, 4.69) is 34.6 Å². The third-order valence-corrected chi connectivity index (χ3v) is 5.82. The summed E-state index contributed by atoms with van der Waals surface area (Å²) in [4.78, 5) is 4.54. The Morgan fingerprint density at radius 3 is 2.38 bits per heavy atom. The van der Waals surface area contributed by atoms with Crippen LogP contribution in [0.2, 0.25) is 0 Å². The molecule has 29 heavy (non-hydrogen) atoms. The van der Waals surface area contributed by atoms with Crippen molar-refractivity contribution >= 4 is 39.8 Å². The highest BCUT2D eigenvalue weighted by atomic mass is 127. The third-order valence-electron chi connectivity index (χ3n) is 4.69. The molecule has 0 atom stereocenters. The summed E-state index contributed by atoms with van der Waals surface area (Å²) in [5.74, 6) is 1.89. The highest BCUT2D eigenvalue weighted by molar-refractivity contribution is 14.0. The molecule has 0 aliphatic heterocycles. The number of hydrogen-bond acceptors (Lipinski definition) is 5. The summed E-state index contributed by atoms with van der Waals surface area (Å²) in [6.45, 7) is 5.49. The molecule has 0 fully saturated rings. The smallest absolute Gasteiger partial charge is 0.191 e. The molecule has 1 aromatic carbocycles. The fourth-order valence-corrected chi connectivity index (χ4v) is 3.56. The van der Waals surface area contributed by atoms with Crippen molar-refractivity contribution in [1.82, 2.24) is 15.8 Å². The molecule has 2 N–H and O–H groups in total. The van der Waals surface area contributed by atoms with Crippen LogP contribution in [0.15, 0.2) is 44.7 Å². The lowest BCUT2D eigenvalue weighted by atomic mass is 9.99. The molecular formula is C20H31IN4O3S. The van der Waals surface area contributed by atoms with Gasteiger partial charge in [0.15, 0.2) is 21.6 Å². The number of aliphatic imine (C=N–C) groups is 1. The van der Waals surface area contributed by atoms with Crippen LogP contribution in [-0.4, -0.2) is 39.4 Å². The van der Waals surface area contributed by atoms with Crippen LogP contribution in [0, 0.1) is 0 Å². The van der Waals surface area contributed by atoms with Crippen molar-refractivity contribution in [3.63, 3.8) is 0 Å². The first-order valence-electron chi connectivity index (χ1n) is 9.56. The third kappa shape index (κ3) is 7.96. The van der Waals surface area contributed by atoms with Gasteiger partial charge in [0.2, 0.25) is 0 Å². The molecule has 0 saturated heterocycles. The second kappa shape index (κ2) is 12.2. The number of sulfone groups is 1. The lowest BCUT2D eigenvalue weighted by Gasteiger charge is -2.11. The second-order valence-electron chi connectivity index (χ2n) is 6.75. The molecule has 162 valence electrons. The predicted molar refractivity (Wildman–Crippen MR) is 127 cm³/mol. The molecule has 0 bridgehead atoms. The van der Waals surface area contributed by atoms with Gasteiger partial charge in [-0.15, -0.1) is 24.0 Å². The average molecular weight is 534 g/mol. The van der Waals surface area contributed by atoms with Crippen molar-refractivity contribution < 1.29 is 12.9 Å². The van der Waals surface area contributed by atoms with Crippen molar-refractivity contribution in [2.45, 2.75) is 50.5 Å². The van der Waals surface area contributed by atoms with Gasteiger partial charge < -0.3 is 15.2 Å². The van der Waals surface area contributed by atoms with Crippen molar-refractivity contribution in [3.8, 4) is 0 Å². The summed E-state index contributed by atoms with van der Waals surface area (Å²) in [5.41, 5.74) is 2.06. The number of nitrogens with zero attached hydrogens (tertiary/aromatic N) is 2. The summed E-state index contributed by atoms with van der Waals surface area (Å²) >= 11 is 0. The van der Waals surface area contributed by atoms with Crippen LogP contribution in [-0.2, 0) is 22.8 Å². The molecule has 0 saturated carbocycles. The average Bonchev–Trinajstić information content (AvgIpc) is 3.14. The summed E-state index contributed by atoms with van der Waals surface area (Å²) < 4.78 is 28.4. The van der Waals surface area contributed by atoms with Gasteiger partial charge in [0, 0.05) is 31.8 Å². The first-order chi connectivity index (χ1) is 13.4. The highest BCUT2D eigenvalue weighted by Gasteiger charge is 2.13. The van der Waals surface area contributed by atoms with Gasteiger partial charge in [-0.05, 0) is 37.0 Å². The van der Waals surface area contributed by atoms with Crippen molar-refractivity contribution in [2.75, 3.05) is 19.8 Å². The number of rotatable bonds is 9. The Morgan fingerprint density at radius 2 is 1.83 bits per heavy atom. The van der Waals surface area contributed by atoms with Crippen LogP contribution in [0.3, 0.4) is 0 Å². The predicted octanol–water partition coefficient (Wildman–Crippen LogP) is 3.51. The van der Waals surface area contributed by atoms with Crippen molar-refractivity contribution in [2.24, 2.45) is 4.99 Å². The molecule has 1 aromatic heterocycles. The molecule has 2 rings (SSSR count). The molecule has 1 heterocycles.